The lowest BCUT2D eigenvalue weighted by atomic mass is 9.74. The first-order valence-electron chi connectivity index (χ1n) is 18.1. The summed E-state index contributed by atoms with van der Waals surface area (Å²) >= 11 is 3.67. The largest absolute Gasteiger partial charge is 0.455 e. The molecule has 1 aromatic rings. The highest BCUT2D eigenvalue weighted by Crippen LogP contribution is 2.59. The maximum absolute atomic E-state index is 15.0. The number of aliphatic hydroxyl groups is 1. The normalized spacial score (nSPS) is 33.6. The maximum atomic E-state index is 15.0. The van der Waals surface area contributed by atoms with Crippen LogP contribution in [0, 0.1) is 11.8 Å². The summed E-state index contributed by atoms with van der Waals surface area (Å²) in [5.74, 6) is -2.98. The quantitative estimate of drug-likeness (QED) is 0.225. The molecular weight excluding hydrogens is 690 g/mol. The van der Waals surface area contributed by atoms with E-state index in [2.05, 4.69) is 15.9 Å². The fraction of sp³-hybridized carbons (Fsp3) is 0.632. The summed E-state index contributed by atoms with van der Waals surface area (Å²) in [7, 11) is 1.73. The second kappa shape index (κ2) is 15.5. The number of carbonyl (C=O) groups is 4. The number of carbonyl (C=O) groups excluding carboxylic acids is 4. The third-order valence-electron chi connectivity index (χ3n) is 11.3. The Labute approximate surface area is 298 Å². The number of hydrogen-bond acceptors (Lipinski definition) is 7. The molecule has 4 heterocycles. The number of nitrogens with zero attached hydrogens (tertiary/aromatic N) is 3. The first kappa shape index (κ1) is 35.8. The molecule has 7 atom stereocenters. The number of amides is 3. The Hall–Kier alpha value is -3.02. The number of likely N-dealkylation sites (N-methyl/N-ethyl adjacent to an activating group) is 1. The standard InChI is InChI=1S/C38H50BrN3O7/c1-25-32(26-16-8-5-9-17-26)48-37(47)30-31-35(45)42(22-13-3-4-15-23-43)34(38(31)24-28(39)33(30)49-38)36(46)41(27-18-10-6-11-19-27)21-14-7-12-20-29(44)40(25)2/h5,7-9,14,16-17,24-25,27,30-34,43H,3-4,6,10-13,15,18-23H2,1-2H3/b14-7-/t25-,30+,31-,32+,33+,34+,38-/m1/s1. The van der Waals surface area contributed by atoms with Crippen molar-refractivity contribution in [2.45, 2.75) is 113 Å². The van der Waals surface area contributed by atoms with Gasteiger partial charge >= 0.3 is 5.97 Å². The highest BCUT2D eigenvalue weighted by Gasteiger charge is 2.75. The van der Waals surface area contributed by atoms with E-state index in [1.165, 1.54) is 0 Å². The van der Waals surface area contributed by atoms with E-state index in [1.54, 1.807) is 16.8 Å². The van der Waals surface area contributed by atoms with Gasteiger partial charge in [0.15, 0.2) is 0 Å². The summed E-state index contributed by atoms with van der Waals surface area (Å²) in [6, 6.07) is 7.98. The van der Waals surface area contributed by atoms with Gasteiger partial charge in [0, 0.05) is 43.7 Å². The maximum Gasteiger partial charge on any atom is 0.313 e. The van der Waals surface area contributed by atoms with Crippen LogP contribution >= 0.6 is 15.9 Å². The number of hydrogen-bond donors (Lipinski definition) is 1. The molecule has 5 bridgehead atoms. The molecule has 3 amide bonds. The molecule has 5 aliphatic rings. The van der Waals surface area contributed by atoms with Crippen molar-refractivity contribution in [3.8, 4) is 0 Å². The monoisotopic (exact) mass is 739 g/mol. The molecule has 6 rings (SSSR count). The molecule has 1 saturated carbocycles. The van der Waals surface area contributed by atoms with Crippen LogP contribution in [-0.4, -0.2) is 100 Å². The number of cyclic esters (lactones) is 1. The smallest absolute Gasteiger partial charge is 0.313 e. The van der Waals surface area contributed by atoms with E-state index < -0.39 is 47.7 Å². The molecule has 0 aromatic heterocycles. The van der Waals surface area contributed by atoms with Crippen LogP contribution in [0.15, 0.2) is 53.0 Å². The van der Waals surface area contributed by atoms with Gasteiger partial charge in [-0.2, -0.15) is 0 Å². The molecule has 266 valence electrons. The zero-order chi connectivity index (χ0) is 34.7. The van der Waals surface area contributed by atoms with Gasteiger partial charge in [0.25, 0.3) is 0 Å². The highest BCUT2D eigenvalue weighted by molar-refractivity contribution is 9.11. The third kappa shape index (κ3) is 6.87. The Morgan fingerprint density at radius 2 is 1.67 bits per heavy atom. The number of esters is 1. The van der Waals surface area contributed by atoms with Gasteiger partial charge < -0.3 is 29.3 Å². The summed E-state index contributed by atoms with van der Waals surface area (Å²) in [6.45, 7) is 2.71. The Kier molecular flexibility index (Phi) is 11.3. The summed E-state index contributed by atoms with van der Waals surface area (Å²) in [5.41, 5.74) is -0.579. The minimum absolute atomic E-state index is 0.0250. The van der Waals surface area contributed by atoms with Gasteiger partial charge in [-0.3, -0.25) is 19.2 Å². The van der Waals surface area contributed by atoms with Crippen molar-refractivity contribution in [1.82, 2.24) is 14.7 Å². The topological polar surface area (TPSA) is 117 Å². The predicted molar refractivity (Wildman–Crippen MR) is 187 cm³/mol. The lowest BCUT2D eigenvalue weighted by Crippen LogP contribution is -2.58. The second-order valence-electron chi connectivity index (χ2n) is 14.3. The van der Waals surface area contributed by atoms with Crippen LogP contribution in [0.1, 0.15) is 89.2 Å². The van der Waals surface area contributed by atoms with E-state index in [0.29, 0.717) is 36.8 Å². The van der Waals surface area contributed by atoms with Crippen molar-refractivity contribution in [3.63, 3.8) is 0 Å². The third-order valence-corrected chi connectivity index (χ3v) is 12.0. The van der Waals surface area contributed by atoms with Crippen LogP contribution in [0.25, 0.3) is 0 Å². The number of halogens is 1. The van der Waals surface area contributed by atoms with E-state index in [1.807, 2.05) is 60.4 Å². The molecule has 10 nitrogen and oxygen atoms in total. The first-order chi connectivity index (χ1) is 23.7. The zero-order valence-electron chi connectivity index (χ0n) is 28.7. The molecule has 0 unspecified atom stereocenters. The number of rotatable bonds is 8. The van der Waals surface area contributed by atoms with Crippen LogP contribution in [0.2, 0.25) is 0 Å². The molecule has 3 fully saturated rings. The SMILES string of the molecule is C[C@@H]1[C@@H](c2ccccc2)OC(=O)[C@@H]2[C@H]3O[C@@]4(C=C3Br)[C@H](C(=O)N(C3CCCCC3)C/C=C\CCC(=O)N1C)N(CCCCCCO)C(=O)[C@@H]24. The van der Waals surface area contributed by atoms with Gasteiger partial charge in [-0.15, -0.1) is 0 Å². The molecule has 2 saturated heterocycles. The average molecular weight is 741 g/mol. The highest BCUT2D eigenvalue weighted by atomic mass is 79.9. The second-order valence-corrected chi connectivity index (χ2v) is 15.2. The Morgan fingerprint density at radius 1 is 0.939 bits per heavy atom. The van der Waals surface area contributed by atoms with E-state index >= 15 is 4.79 Å². The van der Waals surface area contributed by atoms with E-state index in [9.17, 15) is 19.5 Å². The number of likely N-dealkylation sites (tertiary alicyclic amines) is 1. The predicted octanol–water partition coefficient (Wildman–Crippen LogP) is 5.06. The first-order valence-corrected chi connectivity index (χ1v) is 18.9. The summed E-state index contributed by atoms with van der Waals surface area (Å²) < 4.78 is 13.7. The van der Waals surface area contributed by atoms with Crippen LogP contribution in [0.3, 0.4) is 0 Å². The van der Waals surface area contributed by atoms with E-state index in [4.69, 9.17) is 9.47 Å². The van der Waals surface area contributed by atoms with Crippen molar-refractivity contribution in [1.29, 1.82) is 0 Å². The molecular formula is C38H50BrN3O7. The van der Waals surface area contributed by atoms with Gasteiger partial charge in [-0.05, 0) is 50.7 Å². The molecule has 1 spiro atoms. The van der Waals surface area contributed by atoms with Crippen LogP contribution in [0.5, 0.6) is 0 Å². The lowest BCUT2D eigenvalue weighted by Gasteiger charge is -2.40. The number of allylic oxidation sites excluding steroid dienone is 1. The van der Waals surface area contributed by atoms with Crippen LogP contribution in [0.4, 0.5) is 0 Å². The van der Waals surface area contributed by atoms with Gasteiger partial charge in [-0.1, -0.05) is 90.5 Å². The van der Waals surface area contributed by atoms with Crippen molar-refractivity contribution < 1.29 is 33.8 Å². The van der Waals surface area contributed by atoms with Crippen LogP contribution in [-0.2, 0) is 28.7 Å². The van der Waals surface area contributed by atoms with Gasteiger partial charge in [0.1, 0.15) is 29.8 Å². The van der Waals surface area contributed by atoms with E-state index in [0.717, 1.165) is 50.5 Å². The molecule has 0 radical (unpaired) electrons. The van der Waals surface area contributed by atoms with Gasteiger partial charge in [0.05, 0.1) is 12.0 Å². The fourth-order valence-electron chi connectivity index (χ4n) is 8.63. The van der Waals surface area contributed by atoms with Crippen molar-refractivity contribution in [2.24, 2.45) is 11.8 Å². The van der Waals surface area contributed by atoms with E-state index in [-0.39, 0.29) is 36.8 Å². The van der Waals surface area contributed by atoms with Crippen molar-refractivity contribution >= 4 is 39.6 Å². The van der Waals surface area contributed by atoms with Gasteiger partial charge in [0.2, 0.25) is 17.7 Å². The summed E-state index contributed by atoms with van der Waals surface area (Å²) in [6.07, 6.45) is 13.0. The number of fused-ring (bicyclic) bond motifs is 2. The summed E-state index contributed by atoms with van der Waals surface area (Å²) in [4.78, 5) is 62.8. The number of unbranched alkanes of at least 4 members (excludes halogenated alkanes) is 3. The minimum atomic E-state index is -1.32. The molecule has 1 aromatic carbocycles. The lowest BCUT2D eigenvalue weighted by molar-refractivity contribution is -0.164. The molecule has 1 aliphatic carbocycles. The molecule has 49 heavy (non-hydrogen) atoms. The van der Waals surface area contributed by atoms with Crippen molar-refractivity contribution in [2.75, 3.05) is 26.7 Å². The van der Waals surface area contributed by atoms with Gasteiger partial charge in [-0.25, -0.2) is 0 Å². The fourth-order valence-corrected chi connectivity index (χ4v) is 9.37. The van der Waals surface area contributed by atoms with Crippen LogP contribution < -0.4 is 0 Å². The molecule has 4 aliphatic heterocycles. The zero-order valence-corrected chi connectivity index (χ0v) is 30.3. The number of ether oxygens (including phenoxy) is 2. The average Bonchev–Trinajstić information content (AvgIpc) is 3.71. The number of aliphatic hydroxyl groups excluding tert-OH is 1. The van der Waals surface area contributed by atoms with Crippen molar-refractivity contribution in [3.05, 3.63) is 58.6 Å². The molecule has 1 N–H and O–H groups in total. The molecule has 11 heteroatoms. The Morgan fingerprint density at radius 3 is 2.41 bits per heavy atom. The Balaban J connectivity index is 1.42. The minimum Gasteiger partial charge on any atom is -0.455 e. The summed E-state index contributed by atoms with van der Waals surface area (Å²) in [5, 5.41) is 9.30. The number of benzene rings is 1. The Bertz CT molecular complexity index is 1450.